The van der Waals surface area contributed by atoms with Crippen LogP contribution in [0.3, 0.4) is 0 Å². The highest BCUT2D eigenvalue weighted by Gasteiger charge is 2.43. The number of nitrogens with zero attached hydrogens (tertiary/aromatic N) is 1. The molecule has 1 fully saturated rings. The maximum atomic E-state index is 13.2. The molecule has 1 saturated heterocycles. The summed E-state index contributed by atoms with van der Waals surface area (Å²) >= 11 is 2.56. The summed E-state index contributed by atoms with van der Waals surface area (Å²) in [5, 5.41) is 9.20. The number of carboxylic acid groups (broad SMARTS) is 1. The van der Waals surface area contributed by atoms with Gasteiger partial charge in [-0.15, -0.1) is 11.8 Å². The van der Waals surface area contributed by atoms with Crippen molar-refractivity contribution >= 4 is 40.5 Å². The van der Waals surface area contributed by atoms with Gasteiger partial charge in [0.05, 0.1) is 0 Å². The van der Waals surface area contributed by atoms with Crippen LogP contribution in [0.4, 0.5) is 0 Å². The van der Waals surface area contributed by atoms with Crippen molar-refractivity contribution in [3.05, 3.63) is 71.3 Å². The van der Waals surface area contributed by atoms with Gasteiger partial charge >= 0.3 is 5.97 Å². The van der Waals surface area contributed by atoms with E-state index in [4.69, 9.17) is 0 Å². The molecule has 1 heterocycles. The first-order valence-corrected chi connectivity index (χ1v) is 11.4. The van der Waals surface area contributed by atoms with Gasteiger partial charge in [0, 0.05) is 23.0 Å². The van der Waals surface area contributed by atoms with Crippen LogP contribution in [0.1, 0.15) is 33.8 Å². The van der Waals surface area contributed by atoms with Crippen molar-refractivity contribution in [1.82, 2.24) is 4.90 Å². The van der Waals surface area contributed by atoms with Crippen LogP contribution in [-0.4, -0.2) is 44.5 Å². The molecule has 152 valence electrons. The second kappa shape index (κ2) is 9.50. The molecule has 3 atom stereocenters. The first kappa shape index (κ1) is 21.5. The van der Waals surface area contributed by atoms with Crippen molar-refractivity contribution < 1.29 is 19.5 Å². The number of carbonyl (C=O) groups is 3. The van der Waals surface area contributed by atoms with Crippen molar-refractivity contribution in [2.75, 3.05) is 11.5 Å². The van der Waals surface area contributed by atoms with Crippen molar-refractivity contribution in [2.45, 2.75) is 25.3 Å². The Morgan fingerprint density at radius 3 is 2.41 bits per heavy atom. The van der Waals surface area contributed by atoms with Gasteiger partial charge < -0.3 is 10.0 Å². The van der Waals surface area contributed by atoms with Crippen LogP contribution in [-0.2, 0) is 9.59 Å². The third-order valence-corrected chi connectivity index (χ3v) is 7.29. The predicted octanol–water partition coefficient (Wildman–Crippen LogP) is 4.23. The summed E-state index contributed by atoms with van der Waals surface area (Å²) in [6.07, 6.45) is 0. The molecule has 3 rings (SSSR count). The zero-order valence-electron chi connectivity index (χ0n) is 16.3. The average Bonchev–Trinajstić information content (AvgIpc) is 3.17. The van der Waals surface area contributed by atoms with Gasteiger partial charge in [-0.05, 0) is 12.5 Å². The molecule has 1 aliphatic heterocycles. The molecule has 0 aromatic heterocycles. The lowest BCUT2D eigenvalue weighted by Crippen LogP contribution is -2.45. The van der Waals surface area contributed by atoms with E-state index in [1.54, 1.807) is 31.2 Å². The summed E-state index contributed by atoms with van der Waals surface area (Å²) in [7, 11) is 0. The lowest BCUT2D eigenvalue weighted by atomic mass is 10.1. The van der Waals surface area contributed by atoms with Crippen LogP contribution in [0.2, 0.25) is 0 Å². The molecular formula is C22H23NO4S2. The van der Waals surface area contributed by atoms with Crippen LogP contribution in [0.15, 0.2) is 54.6 Å². The van der Waals surface area contributed by atoms with Gasteiger partial charge in [0.1, 0.15) is 11.4 Å². The molecule has 0 radical (unpaired) electrons. The highest BCUT2D eigenvalue weighted by Crippen LogP contribution is 2.42. The number of hydrogen-bond acceptors (Lipinski definition) is 5. The molecule has 0 saturated carbocycles. The lowest BCUT2D eigenvalue weighted by molar-refractivity contribution is -0.150. The van der Waals surface area contributed by atoms with Crippen molar-refractivity contribution in [2.24, 2.45) is 5.92 Å². The highest BCUT2D eigenvalue weighted by atomic mass is 32.2. The summed E-state index contributed by atoms with van der Waals surface area (Å²) in [6, 6.07) is 15.9. The minimum absolute atomic E-state index is 0.0917. The number of carbonyl (C=O) groups excluding carboxylic acids is 2. The molecule has 0 spiro atoms. The fraction of sp³-hybridized carbons (Fsp3) is 0.318. The normalized spacial score (nSPS) is 19.7. The lowest BCUT2D eigenvalue weighted by Gasteiger charge is -2.30. The Labute approximate surface area is 178 Å². The number of rotatable bonds is 6. The average molecular weight is 430 g/mol. The van der Waals surface area contributed by atoms with E-state index in [9.17, 15) is 19.5 Å². The van der Waals surface area contributed by atoms with E-state index in [0.29, 0.717) is 17.1 Å². The van der Waals surface area contributed by atoms with E-state index < -0.39 is 17.9 Å². The number of carboxylic acids is 1. The molecule has 7 heteroatoms. The number of aryl methyl sites for hydroxylation is 1. The maximum Gasteiger partial charge on any atom is 0.327 e. The second-order valence-electron chi connectivity index (χ2n) is 7.06. The van der Waals surface area contributed by atoms with Crippen LogP contribution in [0, 0.1) is 12.8 Å². The molecular weight excluding hydrogens is 406 g/mol. The van der Waals surface area contributed by atoms with Crippen LogP contribution >= 0.6 is 23.5 Å². The Balaban J connectivity index is 1.73. The van der Waals surface area contributed by atoms with Crippen LogP contribution < -0.4 is 0 Å². The minimum atomic E-state index is -0.999. The minimum Gasteiger partial charge on any atom is -0.480 e. The van der Waals surface area contributed by atoms with Gasteiger partial charge in [-0.1, -0.05) is 78.8 Å². The fourth-order valence-corrected chi connectivity index (χ4v) is 5.41. The number of amides is 1. The first-order valence-electron chi connectivity index (χ1n) is 9.34. The van der Waals surface area contributed by atoms with Gasteiger partial charge in [-0.3, -0.25) is 9.59 Å². The molecule has 1 aliphatic rings. The van der Waals surface area contributed by atoms with Gasteiger partial charge in [0.25, 0.3) is 0 Å². The van der Waals surface area contributed by atoms with Gasteiger partial charge in [-0.25, -0.2) is 4.79 Å². The van der Waals surface area contributed by atoms with E-state index in [-0.39, 0.29) is 16.4 Å². The Morgan fingerprint density at radius 2 is 1.79 bits per heavy atom. The smallest absolute Gasteiger partial charge is 0.327 e. The summed E-state index contributed by atoms with van der Waals surface area (Å²) < 4.78 is 0. The molecule has 0 bridgehead atoms. The van der Waals surface area contributed by atoms with E-state index in [2.05, 4.69) is 0 Å². The molecule has 1 amide bonds. The van der Waals surface area contributed by atoms with Gasteiger partial charge in [0.2, 0.25) is 11.0 Å². The zero-order chi connectivity index (χ0) is 21.0. The number of benzene rings is 2. The van der Waals surface area contributed by atoms with Crippen molar-refractivity contribution in [3.8, 4) is 0 Å². The Morgan fingerprint density at radius 1 is 1.14 bits per heavy atom. The maximum absolute atomic E-state index is 13.2. The van der Waals surface area contributed by atoms with Gasteiger partial charge in [-0.2, -0.15) is 0 Å². The van der Waals surface area contributed by atoms with E-state index in [1.807, 2.05) is 37.3 Å². The number of aliphatic carboxylic acids is 1. The fourth-order valence-electron chi connectivity index (χ4n) is 3.14. The highest BCUT2D eigenvalue weighted by molar-refractivity contribution is 8.14. The van der Waals surface area contributed by atoms with Crippen molar-refractivity contribution in [1.29, 1.82) is 0 Å². The molecule has 5 nitrogen and oxygen atoms in total. The van der Waals surface area contributed by atoms with Gasteiger partial charge in [0.15, 0.2) is 0 Å². The van der Waals surface area contributed by atoms with Crippen LogP contribution in [0.25, 0.3) is 0 Å². The summed E-state index contributed by atoms with van der Waals surface area (Å²) in [6.45, 7) is 3.74. The van der Waals surface area contributed by atoms with E-state index >= 15 is 0 Å². The van der Waals surface area contributed by atoms with Crippen molar-refractivity contribution in [3.63, 3.8) is 0 Å². The molecule has 2 aromatic carbocycles. The molecule has 0 aliphatic carbocycles. The standard InChI is InChI=1S/C22H23NO4S2/c1-14-8-10-16(11-9-14)20-23(18(13-28-20)21(25)26)19(24)15(2)12-29-22(27)17-6-4-3-5-7-17/h3-11,15,18,20H,12-13H2,1-2H3,(H,25,26)/t15-,18+,20?/m1/s1. The first-order chi connectivity index (χ1) is 13.9. The third kappa shape index (κ3) is 5.03. The van der Waals surface area contributed by atoms with E-state index in [1.165, 1.54) is 16.7 Å². The topological polar surface area (TPSA) is 74.7 Å². The number of hydrogen-bond donors (Lipinski definition) is 1. The monoisotopic (exact) mass is 429 g/mol. The van der Waals surface area contributed by atoms with E-state index in [0.717, 1.165) is 22.9 Å². The summed E-state index contributed by atoms with van der Waals surface area (Å²) in [5.41, 5.74) is 2.61. The summed E-state index contributed by atoms with van der Waals surface area (Å²) in [4.78, 5) is 38.7. The largest absolute Gasteiger partial charge is 0.480 e. The predicted molar refractivity (Wildman–Crippen MR) is 117 cm³/mol. The molecule has 2 aromatic rings. The quantitative estimate of drug-likeness (QED) is 0.741. The molecule has 29 heavy (non-hydrogen) atoms. The summed E-state index contributed by atoms with van der Waals surface area (Å²) in [5.74, 6) is -1.05. The third-order valence-electron chi connectivity index (χ3n) is 4.80. The zero-order valence-corrected chi connectivity index (χ0v) is 17.9. The van der Waals surface area contributed by atoms with Crippen LogP contribution in [0.5, 0.6) is 0 Å². The number of thioether (sulfide) groups is 2. The molecule has 1 N–H and O–H groups in total. The Hall–Kier alpha value is -2.25. The Kier molecular flexibility index (Phi) is 7.03. The molecule has 1 unspecified atom stereocenters. The SMILES string of the molecule is Cc1ccc(C2SC[C@@H](C(=O)O)N2C(=O)[C@H](C)CSC(=O)c2ccccc2)cc1. The second-order valence-corrected chi connectivity index (χ2v) is 9.17. The Bertz CT molecular complexity index is 885.